The van der Waals surface area contributed by atoms with Crippen molar-refractivity contribution >= 4 is 16.8 Å². The zero-order valence-corrected chi connectivity index (χ0v) is 16.9. The second-order valence-corrected chi connectivity index (χ2v) is 7.90. The zero-order chi connectivity index (χ0) is 19.7. The molecule has 2 aromatic rings. The van der Waals surface area contributed by atoms with Gasteiger partial charge in [-0.3, -0.25) is 20.4 Å². The van der Waals surface area contributed by atoms with Crippen LogP contribution >= 0.6 is 0 Å². The van der Waals surface area contributed by atoms with Gasteiger partial charge in [0.25, 0.3) is 5.91 Å². The molecule has 1 aliphatic heterocycles. The van der Waals surface area contributed by atoms with Crippen LogP contribution in [-0.2, 0) is 7.05 Å². The van der Waals surface area contributed by atoms with Crippen molar-refractivity contribution in [2.75, 3.05) is 13.6 Å². The number of aromatic nitrogens is 1. The third-order valence-corrected chi connectivity index (χ3v) is 5.78. The highest BCUT2D eigenvalue weighted by atomic mass is 16.2. The van der Waals surface area contributed by atoms with E-state index in [-0.39, 0.29) is 16.9 Å². The standard InChI is InChI=1S/C21H30N4O2/c1-13-8-9-19-17(11-13)20(26)18(12-25(19)5)21(27)24(4)10-6-7-16-14(2)22-23-15(16)3/h8-9,11-12,14-16,22-23H,6-7,10H2,1-5H3. The number of carbonyl (C=O) groups is 1. The number of hydrazine groups is 1. The molecule has 2 unspecified atom stereocenters. The van der Waals surface area contributed by atoms with Crippen molar-refractivity contribution in [1.82, 2.24) is 20.3 Å². The van der Waals surface area contributed by atoms with Gasteiger partial charge in [-0.25, -0.2) is 0 Å². The van der Waals surface area contributed by atoms with E-state index in [1.165, 1.54) is 0 Å². The number of carbonyl (C=O) groups excluding carboxylic acids is 1. The molecule has 6 nitrogen and oxygen atoms in total. The molecule has 0 aliphatic carbocycles. The van der Waals surface area contributed by atoms with Gasteiger partial charge in [-0.15, -0.1) is 0 Å². The molecule has 1 amide bonds. The van der Waals surface area contributed by atoms with Crippen LogP contribution < -0.4 is 16.3 Å². The molecule has 1 aromatic carbocycles. The van der Waals surface area contributed by atoms with E-state index in [1.54, 1.807) is 18.1 Å². The number of pyridine rings is 1. The molecule has 1 aromatic heterocycles. The van der Waals surface area contributed by atoms with Crippen LogP contribution in [-0.4, -0.2) is 41.1 Å². The van der Waals surface area contributed by atoms with Gasteiger partial charge in [0.1, 0.15) is 5.56 Å². The van der Waals surface area contributed by atoms with Crippen molar-refractivity contribution in [3.8, 4) is 0 Å². The number of aryl methyl sites for hydroxylation is 2. The Morgan fingerprint density at radius 1 is 1.22 bits per heavy atom. The summed E-state index contributed by atoms with van der Waals surface area (Å²) in [4.78, 5) is 27.4. The molecule has 0 bridgehead atoms. The van der Waals surface area contributed by atoms with Crippen molar-refractivity contribution in [3.05, 3.63) is 45.7 Å². The molecule has 0 radical (unpaired) electrons. The van der Waals surface area contributed by atoms with Gasteiger partial charge in [-0.2, -0.15) is 0 Å². The van der Waals surface area contributed by atoms with Crippen LogP contribution in [0.25, 0.3) is 10.9 Å². The first-order chi connectivity index (χ1) is 12.8. The predicted molar refractivity (Wildman–Crippen MR) is 109 cm³/mol. The molecular weight excluding hydrogens is 340 g/mol. The normalized spacial score (nSPS) is 22.3. The number of amides is 1. The third kappa shape index (κ3) is 3.92. The highest BCUT2D eigenvalue weighted by Crippen LogP contribution is 2.20. The van der Waals surface area contributed by atoms with E-state index in [0.29, 0.717) is 29.9 Å². The molecule has 2 heterocycles. The Labute approximate surface area is 160 Å². The van der Waals surface area contributed by atoms with Gasteiger partial charge >= 0.3 is 0 Å². The fourth-order valence-corrected chi connectivity index (χ4v) is 4.04. The summed E-state index contributed by atoms with van der Waals surface area (Å²) in [5.41, 5.74) is 8.44. The monoisotopic (exact) mass is 370 g/mol. The molecule has 6 heteroatoms. The summed E-state index contributed by atoms with van der Waals surface area (Å²) in [6.07, 6.45) is 3.61. The van der Waals surface area contributed by atoms with E-state index < -0.39 is 0 Å². The Balaban J connectivity index is 1.73. The SMILES string of the molecule is Cc1ccc2c(c1)c(=O)c(C(=O)N(C)CCCC1C(C)NNC1C)cn2C. The first kappa shape index (κ1) is 19.6. The lowest BCUT2D eigenvalue weighted by Gasteiger charge is -2.21. The number of benzene rings is 1. The smallest absolute Gasteiger partial charge is 0.259 e. The predicted octanol–water partition coefficient (Wildman–Crippen LogP) is 2.20. The molecule has 2 atom stereocenters. The van der Waals surface area contributed by atoms with E-state index in [2.05, 4.69) is 24.7 Å². The van der Waals surface area contributed by atoms with Gasteiger partial charge in [0, 0.05) is 44.3 Å². The quantitative estimate of drug-likeness (QED) is 0.847. The Kier molecular flexibility index (Phi) is 5.67. The van der Waals surface area contributed by atoms with E-state index in [9.17, 15) is 9.59 Å². The molecule has 146 valence electrons. The number of nitrogens with one attached hydrogen (secondary N) is 2. The van der Waals surface area contributed by atoms with Gasteiger partial charge in [-0.05, 0) is 51.7 Å². The van der Waals surface area contributed by atoms with E-state index >= 15 is 0 Å². The lowest BCUT2D eigenvalue weighted by molar-refractivity contribution is 0.0788. The second-order valence-electron chi connectivity index (χ2n) is 7.90. The number of hydrogen-bond acceptors (Lipinski definition) is 4. The maximum absolute atomic E-state index is 12.9. The minimum Gasteiger partial charge on any atom is -0.350 e. The topological polar surface area (TPSA) is 66.4 Å². The Bertz CT molecular complexity index is 895. The Hall–Kier alpha value is -2.18. The molecule has 2 N–H and O–H groups in total. The molecular formula is C21H30N4O2. The second kappa shape index (κ2) is 7.82. The molecule has 0 saturated carbocycles. The van der Waals surface area contributed by atoms with Crippen LogP contribution in [0, 0.1) is 12.8 Å². The van der Waals surface area contributed by atoms with Crippen LogP contribution in [0.4, 0.5) is 0 Å². The van der Waals surface area contributed by atoms with Gasteiger partial charge in [-0.1, -0.05) is 11.6 Å². The average molecular weight is 370 g/mol. The van der Waals surface area contributed by atoms with Crippen molar-refractivity contribution in [1.29, 1.82) is 0 Å². The first-order valence-electron chi connectivity index (χ1n) is 9.66. The number of nitrogens with zero attached hydrogens (tertiary/aromatic N) is 2. The first-order valence-corrected chi connectivity index (χ1v) is 9.66. The third-order valence-electron chi connectivity index (χ3n) is 5.78. The van der Waals surface area contributed by atoms with Crippen LogP contribution in [0.2, 0.25) is 0 Å². The molecule has 3 rings (SSSR count). The van der Waals surface area contributed by atoms with Gasteiger partial charge in [0.05, 0.1) is 5.52 Å². The number of fused-ring (bicyclic) bond motifs is 1. The summed E-state index contributed by atoms with van der Waals surface area (Å²) in [7, 11) is 3.65. The zero-order valence-electron chi connectivity index (χ0n) is 16.9. The molecule has 1 saturated heterocycles. The Morgan fingerprint density at radius 2 is 1.89 bits per heavy atom. The summed E-state index contributed by atoms with van der Waals surface area (Å²) in [6, 6.07) is 6.62. The minimum absolute atomic E-state index is 0.185. The molecule has 1 fully saturated rings. The van der Waals surface area contributed by atoms with Crippen LogP contribution in [0.1, 0.15) is 42.6 Å². The molecule has 0 spiro atoms. The maximum atomic E-state index is 12.9. The van der Waals surface area contributed by atoms with E-state index in [4.69, 9.17) is 0 Å². The Morgan fingerprint density at radius 3 is 2.56 bits per heavy atom. The minimum atomic E-state index is -0.206. The molecule has 27 heavy (non-hydrogen) atoms. The van der Waals surface area contributed by atoms with Crippen molar-refractivity contribution in [3.63, 3.8) is 0 Å². The summed E-state index contributed by atoms with van der Waals surface area (Å²) in [5, 5.41) is 0.600. The van der Waals surface area contributed by atoms with Gasteiger partial charge in [0.2, 0.25) is 5.43 Å². The van der Waals surface area contributed by atoms with Gasteiger partial charge < -0.3 is 9.47 Å². The number of hydrogen-bond donors (Lipinski definition) is 2. The lowest BCUT2D eigenvalue weighted by atomic mass is 9.91. The van der Waals surface area contributed by atoms with Crippen LogP contribution in [0.15, 0.2) is 29.2 Å². The average Bonchev–Trinajstić information content (AvgIpc) is 2.95. The summed E-state index contributed by atoms with van der Waals surface area (Å²) < 4.78 is 1.86. The van der Waals surface area contributed by atoms with Gasteiger partial charge in [0.15, 0.2) is 0 Å². The van der Waals surface area contributed by atoms with Crippen molar-refractivity contribution in [2.24, 2.45) is 13.0 Å². The summed E-state index contributed by atoms with van der Waals surface area (Å²) in [6.45, 7) is 6.95. The largest absolute Gasteiger partial charge is 0.350 e. The highest BCUT2D eigenvalue weighted by molar-refractivity contribution is 5.97. The fraction of sp³-hybridized carbons (Fsp3) is 0.524. The fourth-order valence-electron chi connectivity index (χ4n) is 4.04. The van der Waals surface area contributed by atoms with Crippen LogP contribution in [0.5, 0.6) is 0 Å². The summed E-state index contributed by atoms with van der Waals surface area (Å²) in [5.74, 6) is 0.341. The van der Waals surface area contributed by atoms with E-state index in [0.717, 1.165) is 23.9 Å². The highest BCUT2D eigenvalue weighted by Gasteiger charge is 2.29. The summed E-state index contributed by atoms with van der Waals surface area (Å²) >= 11 is 0. The van der Waals surface area contributed by atoms with Crippen molar-refractivity contribution < 1.29 is 4.79 Å². The molecule has 1 aliphatic rings. The van der Waals surface area contributed by atoms with Crippen molar-refractivity contribution in [2.45, 2.75) is 45.7 Å². The maximum Gasteiger partial charge on any atom is 0.259 e. The van der Waals surface area contributed by atoms with Crippen LogP contribution in [0.3, 0.4) is 0 Å². The number of rotatable bonds is 5. The lowest BCUT2D eigenvalue weighted by Crippen LogP contribution is -2.33. The van der Waals surface area contributed by atoms with E-state index in [1.807, 2.05) is 36.7 Å².